The van der Waals surface area contributed by atoms with E-state index in [0.29, 0.717) is 16.5 Å². The first-order valence-electron chi connectivity index (χ1n) is 13.9. The molecular formula is C34H30BrN5O2S. The Hall–Kier alpha value is -4.47. The Labute approximate surface area is 264 Å². The fraction of sp³-hybridized carbons (Fsp3) is 0.147. The summed E-state index contributed by atoms with van der Waals surface area (Å²) < 4.78 is 8.89. The van der Waals surface area contributed by atoms with E-state index in [4.69, 9.17) is 21.9 Å². The fourth-order valence-corrected chi connectivity index (χ4v) is 6.20. The van der Waals surface area contributed by atoms with Crippen molar-refractivity contribution in [1.82, 2.24) is 14.9 Å². The lowest BCUT2D eigenvalue weighted by Gasteiger charge is -2.28. The topological polar surface area (TPSA) is 71.4 Å². The highest BCUT2D eigenvalue weighted by Gasteiger charge is 2.42. The molecule has 0 radical (unpaired) electrons. The Morgan fingerprint density at radius 3 is 2.35 bits per heavy atom. The monoisotopic (exact) mass is 651 g/mol. The van der Waals surface area contributed by atoms with Crippen molar-refractivity contribution < 1.29 is 9.53 Å². The van der Waals surface area contributed by atoms with Crippen LogP contribution in [0.25, 0.3) is 5.69 Å². The molecule has 3 heterocycles. The molecule has 216 valence electrons. The second-order valence-electron chi connectivity index (χ2n) is 10.3. The number of carbonyl (C=O) groups is 1. The summed E-state index contributed by atoms with van der Waals surface area (Å²) in [5.41, 5.74) is 7.00. The van der Waals surface area contributed by atoms with Crippen LogP contribution < -0.4 is 20.3 Å². The minimum absolute atomic E-state index is 0.0757. The third-order valence-electron chi connectivity index (χ3n) is 7.51. The molecular weight excluding hydrogens is 622 g/mol. The van der Waals surface area contributed by atoms with Gasteiger partial charge < -0.3 is 24.8 Å². The number of halogens is 1. The number of hydrogen-bond acceptors (Lipinski definition) is 4. The molecule has 0 spiro atoms. The number of benzene rings is 3. The minimum Gasteiger partial charge on any atom is -0.484 e. The van der Waals surface area contributed by atoms with Crippen LogP contribution in [0.3, 0.4) is 0 Å². The van der Waals surface area contributed by atoms with Gasteiger partial charge in [-0.3, -0.25) is 9.78 Å². The molecule has 1 fully saturated rings. The summed E-state index contributed by atoms with van der Waals surface area (Å²) in [5, 5.41) is 7.07. The number of amides is 1. The summed E-state index contributed by atoms with van der Waals surface area (Å²) in [6, 6.07) is 33.2. The van der Waals surface area contributed by atoms with Crippen molar-refractivity contribution in [2.75, 3.05) is 16.8 Å². The number of thiocarbonyl (C=S) groups is 1. The van der Waals surface area contributed by atoms with Crippen LogP contribution in [0.4, 0.5) is 11.4 Å². The SMILES string of the molecule is Cc1cc([C@@H]2[C@@H](c3ccccn3)NC(=S)N2c2ccc(NC(=O)COc3ccccc3)cc2)c(C)n1-c1ccc(Br)cc1. The molecule has 0 bridgehead atoms. The van der Waals surface area contributed by atoms with E-state index in [1.165, 1.54) is 0 Å². The van der Waals surface area contributed by atoms with E-state index in [0.717, 1.165) is 38.5 Å². The van der Waals surface area contributed by atoms with Gasteiger partial charge in [0.05, 0.1) is 17.8 Å². The molecule has 43 heavy (non-hydrogen) atoms. The van der Waals surface area contributed by atoms with Crippen molar-refractivity contribution in [3.63, 3.8) is 0 Å². The number of ether oxygens (including phenoxy) is 1. The fourth-order valence-electron chi connectivity index (χ4n) is 5.59. The first-order chi connectivity index (χ1) is 20.9. The number of aromatic nitrogens is 2. The van der Waals surface area contributed by atoms with Gasteiger partial charge in [0.2, 0.25) is 0 Å². The van der Waals surface area contributed by atoms with E-state index >= 15 is 0 Å². The quantitative estimate of drug-likeness (QED) is 0.170. The molecule has 1 aliphatic heterocycles. The molecule has 6 rings (SSSR count). The summed E-state index contributed by atoms with van der Waals surface area (Å²) in [6.45, 7) is 4.20. The van der Waals surface area contributed by atoms with Crippen molar-refractivity contribution in [2.24, 2.45) is 0 Å². The maximum absolute atomic E-state index is 12.5. The molecule has 0 aliphatic carbocycles. The van der Waals surface area contributed by atoms with Crippen LogP contribution in [0, 0.1) is 13.8 Å². The van der Waals surface area contributed by atoms with Crippen LogP contribution in [0.5, 0.6) is 5.75 Å². The zero-order chi connectivity index (χ0) is 29.9. The van der Waals surface area contributed by atoms with E-state index in [9.17, 15) is 4.79 Å². The average Bonchev–Trinajstić information content (AvgIpc) is 3.52. The highest BCUT2D eigenvalue weighted by Crippen LogP contribution is 2.44. The number of nitrogens with zero attached hydrogens (tertiary/aromatic N) is 3. The lowest BCUT2D eigenvalue weighted by molar-refractivity contribution is -0.118. The summed E-state index contributed by atoms with van der Waals surface area (Å²) in [4.78, 5) is 19.4. The van der Waals surface area contributed by atoms with E-state index in [-0.39, 0.29) is 24.6 Å². The third kappa shape index (κ3) is 6.04. The predicted octanol–water partition coefficient (Wildman–Crippen LogP) is 7.45. The van der Waals surface area contributed by atoms with Crippen molar-refractivity contribution in [1.29, 1.82) is 0 Å². The van der Waals surface area contributed by atoms with Crippen molar-refractivity contribution >= 4 is 50.5 Å². The van der Waals surface area contributed by atoms with Gasteiger partial charge in [0.25, 0.3) is 5.91 Å². The minimum atomic E-state index is -0.233. The Balaban J connectivity index is 1.30. The molecule has 3 aromatic carbocycles. The van der Waals surface area contributed by atoms with Gasteiger partial charge in [0.1, 0.15) is 5.75 Å². The van der Waals surface area contributed by atoms with Gasteiger partial charge in [0.15, 0.2) is 11.7 Å². The maximum atomic E-state index is 12.5. The lowest BCUT2D eigenvalue weighted by Crippen LogP contribution is -2.29. The van der Waals surface area contributed by atoms with Gasteiger partial charge in [-0.1, -0.05) is 40.2 Å². The number of para-hydroxylation sites is 1. The van der Waals surface area contributed by atoms with Crippen LogP contribution in [0.1, 0.15) is 34.7 Å². The van der Waals surface area contributed by atoms with E-state index in [1.807, 2.05) is 79.0 Å². The first kappa shape index (κ1) is 28.6. The molecule has 7 nitrogen and oxygen atoms in total. The maximum Gasteiger partial charge on any atom is 0.262 e. The number of carbonyl (C=O) groups excluding carboxylic acids is 1. The molecule has 9 heteroatoms. The molecule has 2 N–H and O–H groups in total. The molecule has 5 aromatic rings. The van der Waals surface area contributed by atoms with Crippen LogP contribution in [0.15, 0.2) is 114 Å². The van der Waals surface area contributed by atoms with Gasteiger partial charge >= 0.3 is 0 Å². The van der Waals surface area contributed by atoms with Gasteiger partial charge in [-0.25, -0.2) is 0 Å². The molecule has 0 unspecified atom stereocenters. The standard InChI is InChI=1S/C34H30BrN5O2S/c1-22-20-29(23(2)39(22)26-15-11-24(35)12-16-26)33-32(30-10-6-7-19-36-30)38-34(43)40(33)27-17-13-25(14-18-27)37-31(41)21-42-28-8-4-3-5-9-28/h3-20,32-33H,21H2,1-2H3,(H,37,41)(H,38,43)/t32-,33-/m1/s1. The van der Waals surface area contributed by atoms with Gasteiger partial charge in [-0.05, 0) is 110 Å². The number of hydrogen-bond donors (Lipinski definition) is 2. The van der Waals surface area contributed by atoms with Crippen molar-refractivity contribution in [3.05, 3.63) is 136 Å². The Morgan fingerprint density at radius 1 is 0.953 bits per heavy atom. The van der Waals surface area contributed by atoms with E-state index in [2.05, 4.69) is 80.2 Å². The highest BCUT2D eigenvalue weighted by molar-refractivity contribution is 9.10. The summed E-state index contributed by atoms with van der Waals surface area (Å²) in [6.07, 6.45) is 1.81. The van der Waals surface area contributed by atoms with Gasteiger partial charge in [-0.15, -0.1) is 0 Å². The number of aryl methyl sites for hydroxylation is 1. The summed E-state index contributed by atoms with van der Waals surface area (Å²) >= 11 is 9.49. The van der Waals surface area contributed by atoms with E-state index in [1.54, 1.807) is 0 Å². The Morgan fingerprint density at radius 2 is 1.65 bits per heavy atom. The van der Waals surface area contributed by atoms with Crippen LogP contribution in [0.2, 0.25) is 0 Å². The number of nitrogens with one attached hydrogen (secondary N) is 2. The molecule has 2 atom stereocenters. The lowest BCUT2D eigenvalue weighted by atomic mass is 9.96. The molecule has 0 saturated carbocycles. The smallest absolute Gasteiger partial charge is 0.262 e. The number of rotatable bonds is 8. The Kier molecular flexibility index (Phi) is 8.26. The Bertz CT molecular complexity index is 1740. The zero-order valence-electron chi connectivity index (χ0n) is 23.7. The van der Waals surface area contributed by atoms with Gasteiger partial charge in [-0.2, -0.15) is 0 Å². The zero-order valence-corrected chi connectivity index (χ0v) is 26.1. The summed E-state index contributed by atoms with van der Waals surface area (Å²) in [7, 11) is 0. The first-order valence-corrected chi connectivity index (χ1v) is 15.1. The predicted molar refractivity (Wildman–Crippen MR) is 178 cm³/mol. The van der Waals surface area contributed by atoms with Crippen molar-refractivity contribution in [3.8, 4) is 11.4 Å². The molecule has 2 aromatic heterocycles. The van der Waals surface area contributed by atoms with E-state index < -0.39 is 0 Å². The van der Waals surface area contributed by atoms with Crippen LogP contribution in [-0.2, 0) is 4.79 Å². The van der Waals surface area contributed by atoms with Crippen molar-refractivity contribution in [2.45, 2.75) is 25.9 Å². The number of anilines is 2. The molecule has 1 saturated heterocycles. The second kappa shape index (κ2) is 12.4. The second-order valence-corrected chi connectivity index (χ2v) is 11.6. The largest absolute Gasteiger partial charge is 0.484 e. The van der Waals surface area contributed by atoms with Crippen LogP contribution >= 0.6 is 28.1 Å². The highest BCUT2D eigenvalue weighted by atomic mass is 79.9. The average molecular weight is 653 g/mol. The van der Waals surface area contributed by atoms with Gasteiger partial charge in [0, 0.05) is 39.1 Å². The normalized spacial score (nSPS) is 16.2. The summed E-state index contributed by atoms with van der Waals surface area (Å²) in [5.74, 6) is 0.416. The number of pyridine rings is 1. The molecule has 1 amide bonds. The molecule has 1 aliphatic rings. The van der Waals surface area contributed by atoms with Crippen LogP contribution in [-0.4, -0.2) is 27.2 Å². The third-order valence-corrected chi connectivity index (χ3v) is 8.36.